The molecule has 0 fully saturated rings. The summed E-state index contributed by atoms with van der Waals surface area (Å²) in [5, 5.41) is 3.22. The lowest BCUT2D eigenvalue weighted by Crippen LogP contribution is -2.23. The molecule has 0 aliphatic heterocycles. The summed E-state index contributed by atoms with van der Waals surface area (Å²) >= 11 is 0. The topological polar surface area (TPSA) is 12.0 Å². The van der Waals surface area contributed by atoms with Crippen LogP contribution in [0.5, 0.6) is 0 Å². The molecule has 0 spiro atoms. The third-order valence-electron chi connectivity index (χ3n) is 3.36. The Labute approximate surface area is 100 Å². The van der Waals surface area contributed by atoms with Gasteiger partial charge < -0.3 is 5.32 Å². The lowest BCUT2D eigenvalue weighted by Gasteiger charge is -2.25. The van der Waals surface area contributed by atoms with Crippen LogP contribution in [-0.4, -0.2) is 13.6 Å². The Hall–Kier alpha value is -0.820. The summed E-state index contributed by atoms with van der Waals surface area (Å²) in [7, 11) is 2.01. The molecule has 0 aliphatic rings. The van der Waals surface area contributed by atoms with E-state index in [1.807, 2.05) is 7.05 Å². The zero-order valence-corrected chi connectivity index (χ0v) is 11.3. The van der Waals surface area contributed by atoms with Crippen LogP contribution >= 0.6 is 0 Å². The highest BCUT2D eigenvalue weighted by atomic mass is 14.8. The number of rotatable bonds is 5. The minimum absolute atomic E-state index is 0.262. The van der Waals surface area contributed by atoms with E-state index in [0.717, 1.165) is 6.54 Å². The van der Waals surface area contributed by atoms with E-state index in [2.05, 4.69) is 57.3 Å². The summed E-state index contributed by atoms with van der Waals surface area (Å²) in [6.45, 7) is 10.2. The number of hydrogen-bond acceptors (Lipinski definition) is 1. The SMILES string of the molecule is CNCCC(C)(C)c1ccc(C(C)C)cc1. The molecular formula is C15H25N. The molecule has 1 nitrogen and oxygen atoms in total. The van der Waals surface area contributed by atoms with E-state index in [0.29, 0.717) is 5.92 Å². The van der Waals surface area contributed by atoms with E-state index in [1.165, 1.54) is 17.5 Å². The standard InChI is InChI=1S/C15H25N/c1-12(2)13-6-8-14(9-7-13)15(3,4)10-11-16-5/h6-9,12,16H,10-11H2,1-5H3. The van der Waals surface area contributed by atoms with Crippen LogP contribution in [0.3, 0.4) is 0 Å². The predicted molar refractivity (Wildman–Crippen MR) is 72.1 cm³/mol. The number of nitrogens with one attached hydrogen (secondary N) is 1. The summed E-state index contributed by atoms with van der Waals surface area (Å²) in [6, 6.07) is 9.10. The average molecular weight is 219 g/mol. The molecule has 0 radical (unpaired) electrons. The molecule has 0 aliphatic carbocycles. The lowest BCUT2D eigenvalue weighted by atomic mass is 9.81. The van der Waals surface area contributed by atoms with Gasteiger partial charge >= 0.3 is 0 Å². The first kappa shape index (κ1) is 13.2. The molecule has 1 aromatic rings. The molecule has 0 saturated heterocycles. The van der Waals surface area contributed by atoms with Gasteiger partial charge in [-0.05, 0) is 42.5 Å². The van der Waals surface area contributed by atoms with Crippen LogP contribution in [0.4, 0.5) is 0 Å². The normalized spacial score (nSPS) is 12.1. The van der Waals surface area contributed by atoms with Crippen molar-refractivity contribution >= 4 is 0 Å². The first-order valence-electron chi connectivity index (χ1n) is 6.22. The van der Waals surface area contributed by atoms with Crippen molar-refractivity contribution in [1.29, 1.82) is 0 Å². The second-order valence-electron chi connectivity index (χ2n) is 5.51. The quantitative estimate of drug-likeness (QED) is 0.796. The minimum Gasteiger partial charge on any atom is -0.320 e. The number of hydrogen-bond donors (Lipinski definition) is 1. The lowest BCUT2D eigenvalue weighted by molar-refractivity contribution is 0.468. The highest BCUT2D eigenvalue weighted by Gasteiger charge is 2.19. The van der Waals surface area contributed by atoms with Crippen molar-refractivity contribution in [3.8, 4) is 0 Å². The van der Waals surface area contributed by atoms with Crippen molar-refractivity contribution in [1.82, 2.24) is 5.32 Å². The molecule has 16 heavy (non-hydrogen) atoms. The Morgan fingerprint density at radius 2 is 1.69 bits per heavy atom. The Morgan fingerprint density at radius 1 is 1.12 bits per heavy atom. The van der Waals surface area contributed by atoms with Crippen LogP contribution in [0.25, 0.3) is 0 Å². The Morgan fingerprint density at radius 3 is 2.12 bits per heavy atom. The van der Waals surface area contributed by atoms with Crippen molar-refractivity contribution in [2.45, 2.75) is 45.4 Å². The maximum atomic E-state index is 3.22. The van der Waals surface area contributed by atoms with Crippen molar-refractivity contribution < 1.29 is 0 Å². The minimum atomic E-state index is 0.262. The zero-order valence-electron chi connectivity index (χ0n) is 11.3. The fraction of sp³-hybridized carbons (Fsp3) is 0.600. The summed E-state index contributed by atoms with van der Waals surface area (Å²) < 4.78 is 0. The van der Waals surface area contributed by atoms with Crippen LogP contribution in [-0.2, 0) is 5.41 Å². The first-order valence-corrected chi connectivity index (χ1v) is 6.22. The van der Waals surface area contributed by atoms with Gasteiger partial charge in [-0.3, -0.25) is 0 Å². The second-order valence-corrected chi connectivity index (χ2v) is 5.51. The molecule has 1 N–H and O–H groups in total. The average Bonchev–Trinajstić information content (AvgIpc) is 2.26. The van der Waals surface area contributed by atoms with E-state index < -0.39 is 0 Å². The summed E-state index contributed by atoms with van der Waals surface area (Å²) in [6.07, 6.45) is 1.17. The highest BCUT2D eigenvalue weighted by molar-refractivity contribution is 5.29. The molecule has 0 heterocycles. The van der Waals surface area contributed by atoms with Gasteiger partial charge in [-0.15, -0.1) is 0 Å². The molecule has 0 unspecified atom stereocenters. The fourth-order valence-electron chi connectivity index (χ4n) is 1.90. The molecule has 0 bridgehead atoms. The molecule has 90 valence electrons. The van der Waals surface area contributed by atoms with E-state index >= 15 is 0 Å². The molecule has 0 atom stereocenters. The Bertz CT molecular complexity index is 309. The third-order valence-corrected chi connectivity index (χ3v) is 3.36. The van der Waals surface area contributed by atoms with Gasteiger partial charge in [0.2, 0.25) is 0 Å². The van der Waals surface area contributed by atoms with Gasteiger partial charge in [-0.2, -0.15) is 0 Å². The van der Waals surface area contributed by atoms with Gasteiger partial charge in [0.1, 0.15) is 0 Å². The van der Waals surface area contributed by atoms with Crippen molar-refractivity contribution in [3.05, 3.63) is 35.4 Å². The molecule has 1 rings (SSSR count). The molecule has 1 heteroatoms. The maximum absolute atomic E-state index is 3.22. The van der Waals surface area contributed by atoms with Crippen LogP contribution in [0.2, 0.25) is 0 Å². The van der Waals surface area contributed by atoms with Gasteiger partial charge in [-0.25, -0.2) is 0 Å². The van der Waals surface area contributed by atoms with Crippen molar-refractivity contribution in [2.24, 2.45) is 0 Å². The molecule has 1 aromatic carbocycles. The van der Waals surface area contributed by atoms with Crippen molar-refractivity contribution in [3.63, 3.8) is 0 Å². The summed E-state index contributed by atoms with van der Waals surface area (Å²) in [4.78, 5) is 0. The molecule has 0 amide bonds. The third kappa shape index (κ3) is 3.34. The van der Waals surface area contributed by atoms with Gasteiger partial charge in [0.05, 0.1) is 0 Å². The molecular weight excluding hydrogens is 194 g/mol. The summed E-state index contributed by atoms with van der Waals surface area (Å²) in [5.74, 6) is 0.620. The van der Waals surface area contributed by atoms with E-state index in [1.54, 1.807) is 0 Å². The molecule has 0 saturated carbocycles. The Kier molecular flexibility index (Phi) is 4.55. The number of benzene rings is 1. The Balaban J connectivity index is 2.79. The molecule has 0 aromatic heterocycles. The second kappa shape index (κ2) is 5.49. The van der Waals surface area contributed by atoms with Gasteiger partial charge in [0.15, 0.2) is 0 Å². The van der Waals surface area contributed by atoms with Crippen LogP contribution < -0.4 is 5.32 Å². The summed E-state index contributed by atoms with van der Waals surface area (Å²) in [5.41, 5.74) is 3.12. The van der Waals surface area contributed by atoms with Gasteiger partial charge in [-0.1, -0.05) is 52.0 Å². The first-order chi connectivity index (χ1) is 7.47. The fourth-order valence-corrected chi connectivity index (χ4v) is 1.90. The van der Waals surface area contributed by atoms with Crippen molar-refractivity contribution in [2.75, 3.05) is 13.6 Å². The van der Waals surface area contributed by atoms with E-state index in [9.17, 15) is 0 Å². The monoisotopic (exact) mass is 219 g/mol. The van der Waals surface area contributed by atoms with Crippen LogP contribution in [0.1, 0.15) is 51.2 Å². The zero-order chi connectivity index (χ0) is 12.2. The van der Waals surface area contributed by atoms with Crippen LogP contribution in [0.15, 0.2) is 24.3 Å². The van der Waals surface area contributed by atoms with E-state index in [-0.39, 0.29) is 5.41 Å². The van der Waals surface area contributed by atoms with Gasteiger partial charge in [0.25, 0.3) is 0 Å². The van der Waals surface area contributed by atoms with Gasteiger partial charge in [0, 0.05) is 0 Å². The highest BCUT2D eigenvalue weighted by Crippen LogP contribution is 2.27. The largest absolute Gasteiger partial charge is 0.320 e. The van der Waals surface area contributed by atoms with E-state index in [4.69, 9.17) is 0 Å². The predicted octanol–water partition coefficient (Wildman–Crippen LogP) is 3.70. The van der Waals surface area contributed by atoms with Crippen LogP contribution in [0, 0.1) is 0 Å². The maximum Gasteiger partial charge on any atom is -0.00436 e. The smallest absolute Gasteiger partial charge is 0.00436 e.